The molecule has 6 nitrogen and oxygen atoms in total. The van der Waals surface area contributed by atoms with Crippen LogP contribution in [0.1, 0.15) is 5.69 Å². The smallest absolute Gasteiger partial charge is 0.269 e. The number of thiazole rings is 1. The van der Waals surface area contributed by atoms with Crippen molar-refractivity contribution in [2.24, 2.45) is 0 Å². The van der Waals surface area contributed by atoms with E-state index in [2.05, 4.69) is 6.58 Å². The third kappa shape index (κ3) is 2.46. The van der Waals surface area contributed by atoms with E-state index >= 15 is 0 Å². The number of benzene rings is 1. The van der Waals surface area contributed by atoms with Gasteiger partial charge < -0.3 is 10.1 Å². The molecule has 0 spiro atoms. The Morgan fingerprint density at radius 2 is 2.00 bits per heavy atom. The van der Waals surface area contributed by atoms with E-state index in [1.54, 1.807) is 18.2 Å². The zero-order chi connectivity index (χ0) is 18.3. The van der Waals surface area contributed by atoms with E-state index in [1.807, 2.05) is 34.2 Å². The molecule has 2 N–H and O–H groups in total. The van der Waals surface area contributed by atoms with E-state index < -0.39 is 4.92 Å². The van der Waals surface area contributed by atoms with Crippen molar-refractivity contribution in [1.82, 2.24) is 9.38 Å². The highest BCUT2D eigenvalue weighted by molar-refractivity contribution is 7.13. The van der Waals surface area contributed by atoms with Crippen LogP contribution in [0, 0.1) is 10.1 Å². The minimum atomic E-state index is -0.416. The lowest BCUT2D eigenvalue weighted by Crippen LogP contribution is -1.89. The molecule has 0 saturated carbocycles. The van der Waals surface area contributed by atoms with Gasteiger partial charge in [-0.1, -0.05) is 12.6 Å². The van der Waals surface area contributed by atoms with Crippen LogP contribution in [0.2, 0.25) is 0 Å². The number of nitro groups is 1. The molecule has 128 valence electrons. The largest absolute Gasteiger partial charge is 0.396 e. The molecule has 3 aromatic heterocycles. The van der Waals surface area contributed by atoms with Crippen molar-refractivity contribution in [2.45, 2.75) is 0 Å². The summed E-state index contributed by atoms with van der Waals surface area (Å²) in [5, 5.41) is 13.5. The van der Waals surface area contributed by atoms with Gasteiger partial charge in [0.25, 0.3) is 5.69 Å². The van der Waals surface area contributed by atoms with Crippen LogP contribution >= 0.6 is 11.3 Å². The van der Waals surface area contributed by atoms with Crippen molar-refractivity contribution in [2.75, 3.05) is 5.73 Å². The summed E-state index contributed by atoms with van der Waals surface area (Å²) in [6, 6.07) is 12.2. The Balaban J connectivity index is 1.82. The summed E-state index contributed by atoms with van der Waals surface area (Å²) in [4.78, 5) is 15.1. The lowest BCUT2D eigenvalue weighted by atomic mass is 10.1. The van der Waals surface area contributed by atoms with Crippen molar-refractivity contribution in [3.05, 3.63) is 76.4 Å². The molecule has 26 heavy (non-hydrogen) atoms. The van der Waals surface area contributed by atoms with Gasteiger partial charge >= 0.3 is 0 Å². The van der Waals surface area contributed by atoms with Crippen molar-refractivity contribution in [3.8, 4) is 21.8 Å². The predicted molar refractivity (Wildman–Crippen MR) is 105 cm³/mol. The highest BCUT2D eigenvalue weighted by atomic mass is 32.1. The monoisotopic (exact) mass is 362 g/mol. The van der Waals surface area contributed by atoms with Gasteiger partial charge in [-0.3, -0.25) is 10.1 Å². The quantitative estimate of drug-likeness (QED) is 0.415. The number of pyridine rings is 1. The molecule has 0 aliphatic heterocycles. The molecule has 4 rings (SSSR count). The Labute approximate surface area is 153 Å². The highest BCUT2D eigenvalue weighted by Gasteiger charge is 2.18. The maximum absolute atomic E-state index is 10.8. The first-order valence-corrected chi connectivity index (χ1v) is 8.70. The maximum atomic E-state index is 10.8. The summed E-state index contributed by atoms with van der Waals surface area (Å²) in [6.45, 7) is 3.85. The molecule has 7 heteroatoms. The number of anilines is 1. The lowest BCUT2D eigenvalue weighted by molar-refractivity contribution is -0.384. The number of hydrogen-bond acceptors (Lipinski definition) is 5. The minimum Gasteiger partial charge on any atom is -0.396 e. The molecular formula is C19H14N4O2S. The molecule has 3 heterocycles. The molecular weight excluding hydrogens is 348 g/mol. The molecule has 0 amide bonds. The minimum absolute atomic E-state index is 0.0579. The topological polar surface area (TPSA) is 86.5 Å². The Hall–Kier alpha value is -3.45. The SMILES string of the molecule is C=Cc1c(N)c(-c2nc(-c3ccc([N+](=O)[O-])cc3)cs2)c2ccccn12. The van der Waals surface area contributed by atoms with Crippen LogP contribution in [0.15, 0.2) is 60.6 Å². The van der Waals surface area contributed by atoms with E-state index in [4.69, 9.17) is 10.7 Å². The van der Waals surface area contributed by atoms with Crippen LogP contribution in [0.3, 0.4) is 0 Å². The highest BCUT2D eigenvalue weighted by Crippen LogP contribution is 2.39. The molecule has 0 bridgehead atoms. The molecule has 1 aromatic carbocycles. The van der Waals surface area contributed by atoms with Crippen LogP contribution in [0.4, 0.5) is 11.4 Å². The predicted octanol–water partition coefficient (Wildman–Crippen LogP) is 4.86. The lowest BCUT2D eigenvalue weighted by Gasteiger charge is -1.98. The van der Waals surface area contributed by atoms with Gasteiger partial charge in [-0.15, -0.1) is 11.3 Å². The van der Waals surface area contributed by atoms with Gasteiger partial charge in [0.15, 0.2) is 0 Å². The van der Waals surface area contributed by atoms with Gasteiger partial charge in [0.05, 0.1) is 33.1 Å². The molecule has 0 radical (unpaired) electrons. The molecule has 0 saturated heterocycles. The number of hydrogen-bond donors (Lipinski definition) is 1. The first-order chi connectivity index (χ1) is 12.6. The number of nitrogen functional groups attached to an aromatic ring is 1. The summed E-state index contributed by atoms with van der Waals surface area (Å²) in [5.74, 6) is 0. The second-order valence-electron chi connectivity index (χ2n) is 5.68. The number of fused-ring (bicyclic) bond motifs is 1. The summed E-state index contributed by atoms with van der Waals surface area (Å²) in [5.41, 5.74) is 11.3. The van der Waals surface area contributed by atoms with Crippen molar-refractivity contribution >= 4 is 34.3 Å². The zero-order valence-electron chi connectivity index (χ0n) is 13.6. The Bertz CT molecular complexity index is 1140. The van der Waals surface area contributed by atoms with Crippen molar-refractivity contribution in [3.63, 3.8) is 0 Å². The summed E-state index contributed by atoms with van der Waals surface area (Å²) in [7, 11) is 0. The van der Waals surface area contributed by atoms with Gasteiger partial charge in [-0.05, 0) is 30.3 Å². The fourth-order valence-electron chi connectivity index (χ4n) is 2.96. The molecule has 0 fully saturated rings. The zero-order valence-corrected chi connectivity index (χ0v) is 14.4. The molecule has 0 aliphatic carbocycles. The molecule has 0 aliphatic rings. The molecule has 4 aromatic rings. The summed E-state index contributed by atoms with van der Waals surface area (Å²) in [6.07, 6.45) is 3.67. The molecule has 0 unspecified atom stereocenters. The number of nitrogens with zero attached hydrogens (tertiary/aromatic N) is 3. The van der Waals surface area contributed by atoms with Crippen LogP contribution in [-0.4, -0.2) is 14.3 Å². The maximum Gasteiger partial charge on any atom is 0.269 e. The standard InChI is InChI=1S/C19H14N4O2S/c1-2-15-18(20)17(16-5-3-4-10-22(15)16)19-21-14(11-26-19)12-6-8-13(9-7-12)23(24)25/h2-11H,1,20H2. The summed E-state index contributed by atoms with van der Waals surface area (Å²) < 4.78 is 1.99. The Morgan fingerprint density at radius 3 is 2.69 bits per heavy atom. The van der Waals surface area contributed by atoms with E-state index in [9.17, 15) is 10.1 Å². The number of non-ortho nitro benzene ring substituents is 1. The van der Waals surface area contributed by atoms with Crippen molar-refractivity contribution < 1.29 is 4.92 Å². The van der Waals surface area contributed by atoms with Gasteiger partial charge in [0.1, 0.15) is 5.01 Å². The second kappa shape index (κ2) is 6.12. The molecule has 0 atom stereocenters. The Morgan fingerprint density at radius 1 is 1.23 bits per heavy atom. The van der Waals surface area contributed by atoms with Crippen LogP contribution in [-0.2, 0) is 0 Å². The van der Waals surface area contributed by atoms with E-state index in [0.29, 0.717) is 5.69 Å². The second-order valence-corrected chi connectivity index (χ2v) is 6.53. The van der Waals surface area contributed by atoms with E-state index in [1.165, 1.54) is 23.5 Å². The van der Waals surface area contributed by atoms with Crippen molar-refractivity contribution in [1.29, 1.82) is 0 Å². The van der Waals surface area contributed by atoms with Crippen LogP contribution < -0.4 is 5.73 Å². The van der Waals surface area contributed by atoms with Gasteiger partial charge in [-0.25, -0.2) is 4.98 Å². The normalized spacial score (nSPS) is 10.9. The van der Waals surface area contributed by atoms with Gasteiger partial charge in [-0.2, -0.15) is 0 Å². The van der Waals surface area contributed by atoms with Gasteiger partial charge in [0, 0.05) is 29.3 Å². The van der Waals surface area contributed by atoms with Crippen LogP contribution in [0.5, 0.6) is 0 Å². The summed E-state index contributed by atoms with van der Waals surface area (Å²) >= 11 is 1.49. The Kier molecular flexibility index (Phi) is 3.78. The van der Waals surface area contributed by atoms with E-state index in [0.717, 1.165) is 33.0 Å². The van der Waals surface area contributed by atoms with E-state index in [-0.39, 0.29) is 5.69 Å². The average molecular weight is 362 g/mol. The third-order valence-corrected chi connectivity index (χ3v) is 5.07. The van der Waals surface area contributed by atoms with Gasteiger partial charge in [0.2, 0.25) is 0 Å². The number of rotatable bonds is 4. The third-order valence-electron chi connectivity index (χ3n) is 4.21. The fraction of sp³-hybridized carbons (Fsp3) is 0. The first-order valence-electron chi connectivity index (χ1n) is 7.82. The average Bonchev–Trinajstić information content (AvgIpc) is 3.23. The van der Waals surface area contributed by atoms with Crippen LogP contribution in [0.25, 0.3) is 33.4 Å². The first kappa shape index (κ1) is 16.0. The number of nitro benzene ring substituents is 1. The number of nitrogens with two attached hydrogens (primary N) is 1. The fourth-order valence-corrected chi connectivity index (χ4v) is 3.86. The number of aromatic nitrogens is 2.